The number of ether oxygens (including phenoxy) is 1. The van der Waals surface area contributed by atoms with Crippen molar-refractivity contribution in [1.29, 1.82) is 0 Å². The van der Waals surface area contributed by atoms with Crippen LogP contribution in [-0.4, -0.2) is 23.7 Å². The molecule has 2 aliphatic carbocycles. The first-order chi connectivity index (χ1) is 10.9. The van der Waals surface area contributed by atoms with Crippen LogP contribution in [0, 0.1) is 0 Å². The van der Waals surface area contributed by atoms with Gasteiger partial charge in [0, 0.05) is 5.57 Å². The summed E-state index contributed by atoms with van der Waals surface area (Å²) < 4.78 is 5.10. The predicted molar refractivity (Wildman–Crippen MR) is 91.8 cm³/mol. The van der Waals surface area contributed by atoms with Crippen molar-refractivity contribution in [1.82, 2.24) is 0 Å². The van der Waals surface area contributed by atoms with Gasteiger partial charge in [0.15, 0.2) is 5.78 Å². The van der Waals surface area contributed by atoms with Gasteiger partial charge in [0.25, 0.3) is 0 Å². The van der Waals surface area contributed by atoms with Crippen LogP contribution in [0.5, 0.6) is 0 Å². The predicted octanol–water partition coefficient (Wildman–Crippen LogP) is 3.94. The molecule has 0 radical (unpaired) electrons. The van der Waals surface area contributed by atoms with Crippen LogP contribution in [0.25, 0.3) is 0 Å². The van der Waals surface area contributed by atoms with Gasteiger partial charge in [0.2, 0.25) is 0 Å². The standard InChI is InChI=1S/C18H17ClO3S/c1-12-9-17(19)7-4-3-5-14(15(17)20)18(10-12,16(21)22-2)13-6-8-23-11-13/h3-6,8,11H,1,7,9-10H2,2H3/t17-,18-/m0/s1. The van der Waals surface area contributed by atoms with Crippen molar-refractivity contribution >= 4 is 34.7 Å². The lowest BCUT2D eigenvalue weighted by atomic mass is 9.70. The molecule has 0 aromatic carbocycles. The molecule has 3 nitrogen and oxygen atoms in total. The van der Waals surface area contributed by atoms with E-state index >= 15 is 0 Å². The molecule has 120 valence electrons. The minimum Gasteiger partial charge on any atom is -0.468 e. The highest BCUT2D eigenvalue weighted by Crippen LogP contribution is 2.49. The number of alkyl halides is 1. The highest BCUT2D eigenvalue weighted by molar-refractivity contribution is 7.08. The molecular weight excluding hydrogens is 332 g/mol. The summed E-state index contributed by atoms with van der Waals surface area (Å²) in [6.07, 6.45) is 6.49. The smallest absolute Gasteiger partial charge is 0.321 e. The zero-order valence-electron chi connectivity index (χ0n) is 12.8. The maximum atomic E-state index is 13.2. The number of rotatable bonds is 2. The molecule has 2 atom stereocenters. The summed E-state index contributed by atoms with van der Waals surface area (Å²) >= 11 is 8.12. The number of carbonyl (C=O) groups excluding carboxylic acids is 2. The first kappa shape index (κ1) is 16.2. The Labute approximate surface area is 144 Å². The van der Waals surface area contributed by atoms with Crippen LogP contribution in [0.15, 0.2) is 52.8 Å². The largest absolute Gasteiger partial charge is 0.468 e. The molecule has 1 saturated carbocycles. The highest BCUT2D eigenvalue weighted by Gasteiger charge is 2.55. The van der Waals surface area contributed by atoms with E-state index in [0.717, 1.165) is 11.1 Å². The summed E-state index contributed by atoms with van der Waals surface area (Å²) in [5, 5.41) is 3.77. The molecule has 0 aliphatic heterocycles. The number of allylic oxidation sites excluding steroid dienone is 4. The monoisotopic (exact) mass is 348 g/mol. The first-order valence-corrected chi connectivity index (χ1v) is 8.65. The summed E-state index contributed by atoms with van der Waals surface area (Å²) in [6.45, 7) is 4.07. The van der Waals surface area contributed by atoms with Crippen LogP contribution in [0.1, 0.15) is 24.8 Å². The van der Waals surface area contributed by atoms with Crippen LogP contribution < -0.4 is 0 Å². The zero-order chi connectivity index (χ0) is 16.7. The molecule has 1 fully saturated rings. The fourth-order valence-electron chi connectivity index (χ4n) is 3.49. The summed E-state index contributed by atoms with van der Waals surface area (Å²) in [5.74, 6) is -0.660. The number of hydrogen-bond donors (Lipinski definition) is 0. The molecule has 2 aliphatic rings. The van der Waals surface area contributed by atoms with E-state index in [1.165, 1.54) is 18.4 Å². The number of ketones is 1. The Morgan fingerprint density at radius 1 is 1.43 bits per heavy atom. The van der Waals surface area contributed by atoms with Gasteiger partial charge < -0.3 is 4.74 Å². The fraction of sp³-hybridized carbons (Fsp3) is 0.333. The van der Waals surface area contributed by atoms with E-state index in [9.17, 15) is 9.59 Å². The number of halogens is 1. The SMILES string of the molecule is C=C1C[C@@]2(Cl)CC=CC=C(C2=O)[C@@](C(=O)OC)(c2ccsc2)C1. The summed E-state index contributed by atoms with van der Waals surface area (Å²) in [6, 6.07) is 1.86. The summed E-state index contributed by atoms with van der Waals surface area (Å²) in [7, 11) is 1.34. The minimum atomic E-state index is -1.17. The van der Waals surface area contributed by atoms with E-state index < -0.39 is 16.3 Å². The second-order valence-corrected chi connectivity index (χ2v) is 7.52. The van der Waals surface area contributed by atoms with Gasteiger partial charge in [-0.2, -0.15) is 11.3 Å². The number of fused-ring (bicyclic) bond motifs is 2. The number of esters is 1. The van der Waals surface area contributed by atoms with Crippen LogP contribution in [0.2, 0.25) is 0 Å². The Balaban J connectivity index is 2.31. The number of Topliss-reactive ketones (excluding diaryl/α,β-unsaturated/α-hetero) is 1. The summed E-state index contributed by atoms with van der Waals surface area (Å²) in [5.41, 5.74) is 0.758. The Morgan fingerprint density at radius 3 is 2.87 bits per heavy atom. The zero-order valence-corrected chi connectivity index (χ0v) is 14.4. The van der Waals surface area contributed by atoms with Gasteiger partial charge in [0.1, 0.15) is 10.3 Å². The van der Waals surface area contributed by atoms with Crippen molar-refractivity contribution in [3.8, 4) is 0 Å². The molecule has 23 heavy (non-hydrogen) atoms. The lowest BCUT2D eigenvalue weighted by Crippen LogP contribution is -2.43. The van der Waals surface area contributed by atoms with Gasteiger partial charge in [-0.15, -0.1) is 11.6 Å². The summed E-state index contributed by atoms with van der Waals surface area (Å²) in [4.78, 5) is 24.9. The Kier molecular flexibility index (Phi) is 4.07. The van der Waals surface area contributed by atoms with Gasteiger partial charge in [-0.3, -0.25) is 9.59 Å². The molecule has 1 heterocycles. The molecule has 0 N–H and O–H groups in total. The number of thiophene rings is 1. The van der Waals surface area contributed by atoms with Crippen LogP contribution in [0.3, 0.4) is 0 Å². The van der Waals surface area contributed by atoms with Crippen molar-refractivity contribution in [3.05, 3.63) is 58.3 Å². The topological polar surface area (TPSA) is 43.4 Å². The minimum absolute atomic E-state index is 0.209. The Hall–Kier alpha value is -1.65. The molecule has 5 heteroatoms. The van der Waals surface area contributed by atoms with Gasteiger partial charge in [-0.05, 0) is 41.7 Å². The van der Waals surface area contributed by atoms with E-state index in [-0.39, 0.29) is 5.78 Å². The number of methoxy groups -OCH3 is 1. The molecule has 1 aromatic heterocycles. The number of carbonyl (C=O) groups is 2. The molecule has 2 bridgehead atoms. The van der Waals surface area contributed by atoms with E-state index in [2.05, 4.69) is 6.58 Å². The number of hydrogen-bond acceptors (Lipinski definition) is 4. The molecule has 0 unspecified atom stereocenters. The average Bonchev–Trinajstić information content (AvgIpc) is 2.99. The second kappa shape index (κ2) is 5.77. The van der Waals surface area contributed by atoms with Crippen LogP contribution >= 0.6 is 22.9 Å². The van der Waals surface area contributed by atoms with Gasteiger partial charge in [-0.25, -0.2) is 0 Å². The van der Waals surface area contributed by atoms with Crippen molar-refractivity contribution in [3.63, 3.8) is 0 Å². The van der Waals surface area contributed by atoms with Crippen molar-refractivity contribution in [2.45, 2.75) is 29.6 Å². The van der Waals surface area contributed by atoms with Gasteiger partial charge >= 0.3 is 5.97 Å². The lowest BCUT2D eigenvalue weighted by molar-refractivity contribution is -0.146. The molecule has 3 rings (SSSR count). The van der Waals surface area contributed by atoms with Crippen LogP contribution in [-0.2, 0) is 19.7 Å². The molecule has 0 spiro atoms. The molecular formula is C18H17ClO3S. The molecule has 0 amide bonds. The quantitative estimate of drug-likeness (QED) is 0.462. The third kappa shape index (κ3) is 2.41. The third-order valence-corrected chi connectivity index (χ3v) is 5.69. The maximum absolute atomic E-state index is 13.2. The normalized spacial score (nSPS) is 30.4. The van der Waals surface area contributed by atoms with E-state index in [4.69, 9.17) is 16.3 Å². The Bertz CT molecular complexity index is 731. The third-order valence-electron chi connectivity index (χ3n) is 4.54. The Morgan fingerprint density at radius 2 is 2.22 bits per heavy atom. The van der Waals surface area contributed by atoms with Crippen LogP contribution in [0.4, 0.5) is 0 Å². The van der Waals surface area contributed by atoms with Crippen molar-refractivity contribution < 1.29 is 14.3 Å². The van der Waals surface area contributed by atoms with Crippen molar-refractivity contribution in [2.24, 2.45) is 0 Å². The average molecular weight is 349 g/mol. The molecule has 0 saturated heterocycles. The van der Waals surface area contributed by atoms with E-state index in [1.807, 2.05) is 22.9 Å². The van der Waals surface area contributed by atoms with Gasteiger partial charge in [-0.1, -0.05) is 30.4 Å². The highest BCUT2D eigenvalue weighted by atomic mass is 35.5. The lowest BCUT2D eigenvalue weighted by Gasteiger charge is -2.31. The van der Waals surface area contributed by atoms with Gasteiger partial charge in [0.05, 0.1) is 7.11 Å². The fourth-order valence-corrected chi connectivity index (χ4v) is 4.60. The second-order valence-electron chi connectivity index (χ2n) is 6.02. The maximum Gasteiger partial charge on any atom is 0.321 e. The molecule has 1 aromatic rings. The van der Waals surface area contributed by atoms with E-state index in [1.54, 1.807) is 12.2 Å². The van der Waals surface area contributed by atoms with E-state index in [0.29, 0.717) is 24.8 Å². The van der Waals surface area contributed by atoms with Crippen molar-refractivity contribution in [2.75, 3.05) is 7.11 Å². The first-order valence-electron chi connectivity index (χ1n) is 7.33.